The molecular formula is C20H23F6NO2S. The summed E-state index contributed by atoms with van der Waals surface area (Å²) in [5, 5.41) is 0. The molecule has 1 aliphatic carbocycles. The van der Waals surface area contributed by atoms with Crippen molar-refractivity contribution in [3.63, 3.8) is 0 Å². The van der Waals surface area contributed by atoms with Gasteiger partial charge in [-0.3, -0.25) is 4.72 Å². The predicted octanol–water partition coefficient (Wildman–Crippen LogP) is 5.82. The van der Waals surface area contributed by atoms with Gasteiger partial charge in [0.05, 0.1) is 10.3 Å². The number of rotatable bonds is 5. The largest absolute Gasteiger partial charge is 0.412 e. The first-order chi connectivity index (χ1) is 13.6. The first-order valence-electron chi connectivity index (χ1n) is 9.28. The molecule has 1 N–H and O–H groups in total. The molecule has 0 spiro atoms. The zero-order valence-electron chi connectivity index (χ0n) is 16.9. The van der Waals surface area contributed by atoms with Crippen molar-refractivity contribution in [3.8, 4) is 0 Å². The maximum Gasteiger partial charge on any atom is 0.412 e. The molecule has 10 heteroatoms. The summed E-state index contributed by atoms with van der Waals surface area (Å²) in [7, 11) is -4.43. The third-order valence-corrected chi connectivity index (χ3v) is 7.09. The first kappa shape index (κ1) is 24.3. The minimum absolute atomic E-state index is 0.114. The Morgan fingerprint density at radius 3 is 1.93 bits per heavy atom. The number of hydrogen-bond donors (Lipinski definition) is 1. The number of sulfonamides is 1. The first-order valence-corrected chi connectivity index (χ1v) is 10.8. The molecule has 0 heterocycles. The SMILES string of the molecule is CCc1cccc(CC)c1S(=O)(=O)NC1=C(C)C(C)(C(F)(F)F)CC(C(F)(F)F)=C1. The number of halogens is 6. The summed E-state index contributed by atoms with van der Waals surface area (Å²) in [4.78, 5) is -0.114. The van der Waals surface area contributed by atoms with Gasteiger partial charge < -0.3 is 0 Å². The van der Waals surface area contributed by atoms with Gasteiger partial charge in [-0.25, -0.2) is 8.42 Å². The van der Waals surface area contributed by atoms with Crippen LogP contribution < -0.4 is 4.72 Å². The van der Waals surface area contributed by atoms with Gasteiger partial charge >= 0.3 is 12.4 Å². The Bertz CT molecular complexity index is 967. The highest BCUT2D eigenvalue weighted by atomic mass is 32.2. The van der Waals surface area contributed by atoms with Crippen LogP contribution in [0.5, 0.6) is 0 Å². The van der Waals surface area contributed by atoms with Gasteiger partial charge in [0.2, 0.25) is 0 Å². The summed E-state index contributed by atoms with van der Waals surface area (Å²) in [5.74, 6) is 0. The molecule has 1 aliphatic rings. The van der Waals surface area contributed by atoms with Crippen molar-refractivity contribution in [3.05, 3.63) is 52.2 Å². The van der Waals surface area contributed by atoms with E-state index in [1.54, 1.807) is 32.0 Å². The molecule has 0 aliphatic heterocycles. The highest BCUT2D eigenvalue weighted by Gasteiger charge is 2.57. The van der Waals surface area contributed by atoms with Crippen LogP contribution in [0.25, 0.3) is 0 Å². The fourth-order valence-corrected chi connectivity index (χ4v) is 5.20. The number of nitrogens with one attached hydrogen (secondary N) is 1. The van der Waals surface area contributed by atoms with Crippen LogP contribution in [0.1, 0.15) is 45.2 Å². The van der Waals surface area contributed by atoms with Gasteiger partial charge in [-0.1, -0.05) is 32.0 Å². The van der Waals surface area contributed by atoms with Crippen molar-refractivity contribution in [2.75, 3.05) is 0 Å². The highest BCUT2D eigenvalue weighted by Crippen LogP contribution is 2.53. The van der Waals surface area contributed by atoms with E-state index >= 15 is 0 Å². The van der Waals surface area contributed by atoms with Crippen molar-refractivity contribution in [1.82, 2.24) is 4.72 Å². The van der Waals surface area contributed by atoms with E-state index < -0.39 is 51.1 Å². The number of aryl methyl sites for hydroxylation is 2. The molecule has 0 saturated carbocycles. The van der Waals surface area contributed by atoms with Crippen molar-refractivity contribution in [2.24, 2.45) is 5.41 Å². The van der Waals surface area contributed by atoms with Crippen LogP contribution in [-0.4, -0.2) is 20.8 Å². The van der Waals surface area contributed by atoms with Gasteiger partial charge in [0, 0.05) is 11.3 Å². The normalized spacial score (nSPS) is 20.9. The van der Waals surface area contributed by atoms with Crippen LogP contribution in [0.4, 0.5) is 26.3 Å². The van der Waals surface area contributed by atoms with Crippen LogP contribution in [0, 0.1) is 5.41 Å². The summed E-state index contributed by atoms with van der Waals surface area (Å²) >= 11 is 0. The van der Waals surface area contributed by atoms with Crippen LogP contribution in [0.3, 0.4) is 0 Å². The third-order valence-electron chi connectivity index (χ3n) is 5.54. The molecule has 168 valence electrons. The number of hydrogen-bond acceptors (Lipinski definition) is 2. The average Bonchev–Trinajstić information content (AvgIpc) is 2.62. The maximum absolute atomic E-state index is 13.7. The minimum atomic E-state index is -5.03. The lowest BCUT2D eigenvalue weighted by Crippen LogP contribution is -2.42. The molecule has 0 bridgehead atoms. The Labute approximate surface area is 171 Å². The Hall–Kier alpha value is -1.97. The predicted molar refractivity (Wildman–Crippen MR) is 101 cm³/mol. The van der Waals surface area contributed by atoms with Gasteiger partial charge in [-0.15, -0.1) is 0 Å². The topological polar surface area (TPSA) is 46.2 Å². The lowest BCUT2D eigenvalue weighted by Gasteiger charge is -2.38. The van der Waals surface area contributed by atoms with E-state index in [9.17, 15) is 34.8 Å². The van der Waals surface area contributed by atoms with Crippen molar-refractivity contribution in [1.29, 1.82) is 0 Å². The van der Waals surface area contributed by atoms with E-state index in [2.05, 4.69) is 0 Å². The second-order valence-corrected chi connectivity index (χ2v) is 9.05. The van der Waals surface area contributed by atoms with Gasteiger partial charge in [0.25, 0.3) is 10.0 Å². The van der Waals surface area contributed by atoms with E-state index in [1.807, 2.05) is 4.72 Å². The quantitative estimate of drug-likeness (QED) is 0.569. The average molecular weight is 455 g/mol. The van der Waals surface area contributed by atoms with Gasteiger partial charge in [0.1, 0.15) is 0 Å². The van der Waals surface area contributed by atoms with E-state index in [1.165, 1.54) is 0 Å². The molecule has 3 nitrogen and oxygen atoms in total. The summed E-state index contributed by atoms with van der Waals surface area (Å²) in [6.45, 7) is 5.07. The van der Waals surface area contributed by atoms with Crippen molar-refractivity contribution >= 4 is 10.0 Å². The fourth-order valence-electron chi connectivity index (χ4n) is 3.48. The van der Waals surface area contributed by atoms with Gasteiger partial charge in [-0.05, 0) is 55.9 Å². The molecule has 2 rings (SSSR count). The number of allylic oxidation sites excluding steroid dienone is 3. The molecule has 0 saturated heterocycles. The zero-order valence-corrected chi connectivity index (χ0v) is 17.7. The van der Waals surface area contributed by atoms with Crippen molar-refractivity contribution in [2.45, 2.75) is 64.2 Å². The van der Waals surface area contributed by atoms with Crippen molar-refractivity contribution < 1.29 is 34.8 Å². The number of benzene rings is 1. The fraction of sp³-hybridized carbons (Fsp3) is 0.500. The van der Waals surface area contributed by atoms with Gasteiger partial charge in [0.15, 0.2) is 0 Å². The number of alkyl halides is 6. The molecular weight excluding hydrogens is 432 g/mol. The molecule has 1 aromatic carbocycles. The summed E-state index contributed by atoms with van der Waals surface area (Å²) in [6, 6.07) is 4.78. The zero-order chi connectivity index (χ0) is 23.1. The van der Waals surface area contributed by atoms with Crippen LogP contribution in [0.15, 0.2) is 46.0 Å². The van der Waals surface area contributed by atoms with Gasteiger partial charge in [-0.2, -0.15) is 26.3 Å². The molecule has 1 unspecified atom stereocenters. The highest BCUT2D eigenvalue weighted by molar-refractivity contribution is 7.89. The van der Waals surface area contributed by atoms with E-state index in [4.69, 9.17) is 0 Å². The molecule has 0 amide bonds. The molecule has 0 aromatic heterocycles. The summed E-state index contributed by atoms with van der Waals surface area (Å²) in [5.41, 5.74) is -4.67. The second kappa shape index (κ2) is 7.94. The molecule has 0 fully saturated rings. The lowest BCUT2D eigenvalue weighted by atomic mass is 9.72. The smallest absolute Gasteiger partial charge is 0.280 e. The lowest BCUT2D eigenvalue weighted by molar-refractivity contribution is -0.208. The minimum Gasteiger partial charge on any atom is -0.280 e. The van der Waals surface area contributed by atoms with Crippen LogP contribution >= 0.6 is 0 Å². The Kier molecular flexibility index (Phi) is 6.43. The molecule has 30 heavy (non-hydrogen) atoms. The van der Waals surface area contributed by atoms with E-state index in [0.717, 1.165) is 6.92 Å². The third kappa shape index (κ3) is 4.38. The van der Waals surface area contributed by atoms with E-state index in [0.29, 0.717) is 37.0 Å². The monoisotopic (exact) mass is 455 g/mol. The second-order valence-electron chi connectivity index (χ2n) is 7.43. The Morgan fingerprint density at radius 1 is 1.03 bits per heavy atom. The standard InChI is InChI=1S/C20H23F6NO2S/c1-5-13-8-7-9-14(6-2)17(13)30(28,29)27-16-10-15(19(21,22)23)11-18(4,12(16)3)20(24,25)26/h7-10,27H,5-6,11H2,1-4H3. The summed E-state index contributed by atoms with van der Waals surface area (Å²) < 4.78 is 109. The van der Waals surface area contributed by atoms with Crippen LogP contribution in [0.2, 0.25) is 0 Å². The molecule has 1 atom stereocenters. The Morgan fingerprint density at radius 2 is 1.53 bits per heavy atom. The maximum atomic E-state index is 13.7. The summed E-state index contributed by atoms with van der Waals surface area (Å²) in [6.07, 6.45) is -10.2. The molecule has 0 radical (unpaired) electrons. The van der Waals surface area contributed by atoms with Crippen LogP contribution in [-0.2, 0) is 22.9 Å². The van der Waals surface area contributed by atoms with E-state index in [-0.39, 0.29) is 4.90 Å². The molecule has 1 aromatic rings. The Balaban J connectivity index is 2.70.